The zero-order chi connectivity index (χ0) is 19.9. The molecule has 0 spiro atoms. The van der Waals surface area contributed by atoms with Crippen molar-refractivity contribution in [3.05, 3.63) is 23.9 Å². The van der Waals surface area contributed by atoms with E-state index in [1.807, 2.05) is 27.0 Å². The third kappa shape index (κ3) is 6.12. The second-order valence-corrected chi connectivity index (χ2v) is 7.77. The fourth-order valence-corrected chi connectivity index (χ4v) is 3.07. The third-order valence-corrected chi connectivity index (χ3v) is 4.93. The minimum absolute atomic E-state index is 0.0480. The second-order valence-electron chi connectivity index (χ2n) is 7.77. The van der Waals surface area contributed by atoms with Crippen LogP contribution in [0.3, 0.4) is 0 Å². The van der Waals surface area contributed by atoms with Gasteiger partial charge in [-0.2, -0.15) is 0 Å². The van der Waals surface area contributed by atoms with E-state index in [1.165, 1.54) is 5.56 Å². The maximum absolute atomic E-state index is 12.1. The molecule has 150 valence electrons. The molecule has 1 aromatic rings. The van der Waals surface area contributed by atoms with Crippen molar-refractivity contribution in [3.63, 3.8) is 0 Å². The molecule has 0 aliphatic carbocycles. The van der Waals surface area contributed by atoms with Crippen LogP contribution in [0.25, 0.3) is 0 Å². The lowest BCUT2D eigenvalue weighted by Gasteiger charge is -2.34. The molecule has 0 saturated carbocycles. The van der Waals surface area contributed by atoms with Gasteiger partial charge in [0.05, 0.1) is 5.41 Å². The van der Waals surface area contributed by atoms with E-state index in [0.717, 1.165) is 37.7 Å². The number of hydrogen-bond donors (Lipinski definition) is 3. The highest BCUT2D eigenvalue weighted by Crippen LogP contribution is 2.18. The second kappa shape index (κ2) is 9.58. The van der Waals surface area contributed by atoms with Gasteiger partial charge in [-0.05, 0) is 52.2 Å². The standard InChI is InChI=1S/C20H34N6O/c1-6-22-18(27)20(3,4)14-24-19(21-5)25-16-9-11-26(12-10-16)17-8-7-15(2)13-23-17/h7-8,13,16H,6,9-12,14H2,1-5H3,(H,22,27)(H2,21,24,25). The molecular weight excluding hydrogens is 340 g/mol. The van der Waals surface area contributed by atoms with Gasteiger partial charge in [0, 0.05) is 45.5 Å². The fraction of sp³-hybridized carbons (Fsp3) is 0.650. The van der Waals surface area contributed by atoms with Crippen LogP contribution < -0.4 is 20.9 Å². The number of piperidine rings is 1. The molecule has 0 aromatic carbocycles. The number of guanidine groups is 1. The summed E-state index contributed by atoms with van der Waals surface area (Å²) in [7, 11) is 1.76. The normalized spacial score (nSPS) is 16.2. The summed E-state index contributed by atoms with van der Waals surface area (Å²) in [5.41, 5.74) is 0.689. The summed E-state index contributed by atoms with van der Waals surface area (Å²) in [6.45, 7) is 11.0. The Bertz CT molecular complexity index is 632. The van der Waals surface area contributed by atoms with Crippen molar-refractivity contribution in [2.45, 2.75) is 46.6 Å². The number of aromatic nitrogens is 1. The van der Waals surface area contributed by atoms with Crippen molar-refractivity contribution in [1.82, 2.24) is 20.9 Å². The van der Waals surface area contributed by atoms with E-state index in [-0.39, 0.29) is 5.91 Å². The topological polar surface area (TPSA) is 81.6 Å². The zero-order valence-electron chi connectivity index (χ0n) is 17.3. The van der Waals surface area contributed by atoms with Gasteiger partial charge in [0.1, 0.15) is 5.82 Å². The van der Waals surface area contributed by atoms with Gasteiger partial charge < -0.3 is 20.9 Å². The molecular formula is C20H34N6O. The smallest absolute Gasteiger partial charge is 0.227 e. The molecule has 0 radical (unpaired) electrons. The fourth-order valence-electron chi connectivity index (χ4n) is 3.07. The Morgan fingerprint density at radius 3 is 2.56 bits per heavy atom. The van der Waals surface area contributed by atoms with Gasteiger partial charge in [0.2, 0.25) is 5.91 Å². The van der Waals surface area contributed by atoms with E-state index < -0.39 is 5.41 Å². The summed E-state index contributed by atoms with van der Waals surface area (Å²) < 4.78 is 0. The summed E-state index contributed by atoms with van der Waals surface area (Å²) >= 11 is 0. The summed E-state index contributed by atoms with van der Waals surface area (Å²) in [4.78, 5) is 23.3. The molecule has 2 heterocycles. The summed E-state index contributed by atoms with van der Waals surface area (Å²) in [5.74, 6) is 1.84. The Morgan fingerprint density at radius 2 is 2.00 bits per heavy atom. The van der Waals surface area contributed by atoms with Gasteiger partial charge in [0.25, 0.3) is 0 Å². The van der Waals surface area contributed by atoms with Crippen LogP contribution in [-0.4, -0.2) is 56.1 Å². The molecule has 1 saturated heterocycles. The SMILES string of the molecule is CCNC(=O)C(C)(C)CNC(=NC)NC1CCN(c2ccc(C)cn2)CC1. The van der Waals surface area contributed by atoms with Crippen molar-refractivity contribution in [2.24, 2.45) is 10.4 Å². The number of anilines is 1. The molecule has 2 rings (SSSR count). The van der Waals surface area contributed by atoms with Crippen LogP contribution in [0.5, 0.6) is 0 Å². The van der Waals surface area contributed by atoms with Crippen LogP contribution in [-0.2, 0) is 4.79 Å². The Balaban J connectivity index is 1.80. The summed E-state index contributed by atoms with van der Waals surface area (Å²) in [5, 5.41) is 9.67. The Morgan fingerprint density at radius 1 is 1.30 bits per heavy atom. The molecule has 1 aliphatic heterocycles. The number of carbonyl (C=O) groups excluding carboxylic acids is 1. The number of carbonyl (C=O) groups is 1. The van der Waals surface area contributed by atoms with Gasteiger partial charge in [0.15, 0.2) is 5.96 Å². The first-order chi connectivity index (χ1) is 12.9. The maximum atomic E-state index is 12.1. The first-order valence-corrected chi connectivity index (χ1v) is 9.79. The van der Waals surface area contributed by atoms with Crippen molar-refractivity contribution in [2.75, 3.05) is 38.1 Å². The van der Waals surface area contributed by atoms with E-state index in [0.29, 0.717) is 19.1 Å². The molecule has 0 unspecified atom stereocenters. The van der Waals surface area contributed by atoms with Crippen LogP contribution in [0, 0.1) is 12.3 Å². The molecule has 1 aliphatic rings. The van der Waals surface area contributed by atoms with Gasteiger partial charge in [-0.15, -0.1) is 0 Å². The molecule has 1 aromatic heterocycles. The minimum Gasteiger partial charge on any atom is -0.356 e. The van der Waals surface area contributed by atoms with Crippen LogP contribution in [0.15, 0.2) is 23.3 Å². The van der Waals surface area contributed by atoms with E-state index in [9.17, 15) is 4.79 Å². The number of pyridine rings is 1. The molecule has 27 heavy (non-hydrogen) atoms. The highest BCUT2D eigenvalue weighted by molar-refractivity contribution is 5.84. The lowest BCUT2D eigenvalue weighted by molar-refractivity contribution is -0.128. The zero-order valence-corrected chi connectivity index (χ0v) is 17.3. The van der Waals surface area contributed by atoms with Crippen molar-refractivity contribution < 1.29 is 4.79 Å². The van der Waals surface area contributed by atoms with Crippen LogP contribution in [0.1, 0.15) is 39.2 Å². The van der Waals surface area contributed by atoms with Crippen molar-refractivity contribution in [1.29, 1.82) is 0 Å². The average Bonchev–Trinajstić information content (AvgIpc) is 2.66. The van der Waals surface area contributed by atoms with Crippen molar-refractivity contribution in [3.8, 4) is 0 Å². The monoisotopic (exact) mass is 374 g/mol. The Hall–Kier alpha value is -2.31. The highest BCUT2D eigenvalue weighted by atomic mass is 16.2. The number of nitrogens with one attached hydrogen (secondary N) is 3. The lowest BCUT2D eigenvalue weighted by Crippen LogP contribution is -2.52. The van der Waals surface area contributed by atoms with Crippen LogP contribution >= 0.6 is 0 Å². The molecule has 1 fully saturated rings. The average molecular weight is 375 g/mol. The lowest BCUT2D eigenvalue weighted by atomic mass is 9.92. The van der Waals surface area contributed by atoms with Crippen LogP contribution in [0.2, 0.25) is 0 Å². The van der Waals surface area contributed by atoms with Crippen LogP contribution in [0.4, 0.5) is 5.82 Å². The molecule has 0 bridgehead atoms. The summed E-state index contributed by atoms with van der Waals surface area (Å²) in [6, 6.07) is 4.56. The van der Waals surface area contributed by atoms with E-state index in [1.54, 1.807) is 7.05 Å². The first kappa shape index (κ1) is 21.0. The Kier molecular flexibility index (Phi) is 7.45. The quantitative estimate of drug-likeness (QED) is 0.521. The van der Waals surface area contributed by atoms with Gasteiger partial charge in [-0.3, -0.25) is 9.79 Å². The maximum Gasteiger partial charge on any atom is 0.227 e. The van der Waals surface area contributed by atoms with E-state index in [4.69, 9.17) is 0 Å². The summed E-state index contributed by atoms with van der Waals surface area (Å²) in [6.07, 6.45) is 3.97. The van der Waals surface area contributed by atoms with Gasteiger partial charge in [-0.1, -0.05) is 6.07 Å². The highest BCUT2D eigenvalue weighted by Gasteiger charge is 2.28. The van der Waals surface area contributed by atoms with Gasteiger partial charge >= 0.3 is 0 Å². The molecule has 7 heteroatoms. The number of amides is 1. The molecule has 1 amide bonds. The first-order valence-electron chi connectivity index (χ1n) is 9.79. The number of nitrogens with zero attached hydrogens (tertiary/aromatic N) is 3. The number of aliphatic imine (C=N–C) groups is 1. The van der Waals surface area contributed by atoms with Gasteiger partial charge in [-0.25, -0.2) is 4.98 Å². The number of aryl methyl sites for hydroxylation is 1. The third-order valence-electron chi connectivity index (χ3n) is 4.93. The predicted octanol–water partition coefficient (Wildman–Crippen LogP) is 1.69. The van der Waals surface area contributed by atoms with Crippen molar-refractivity contribution >= 4 is 17.7 Å². The molecule has 0 atom stereocenters. The number of hydrogen-bond acceptors (Lipinski definition) is 4. The molecule has 3 N–H and O–H groups in total. The predicted molar refractivity (Wildman–Crippen MR) is 111 cm³/mol. The molecule has 7 nitrogen and oxygen atoms in total. The van der Waals surface area contributed by atoms with E-state index in [2.05, 4.69) is 49.9 Å². The number of rotatable bonds is 6. The Labute approximate surface area is 163 Å². The minimum atomic E-state index is -0.492. The van der Waals surface area contributed by atoms with E-state index >= 15 is 0 Å². The largest absolute Gasteiger partial charge is 0.356 e.